The Morgan fingerprint density at radius 3 is 2.92 bits per heavy atom. The van der Waals surface area contributed by atoms with Crippen LogP contribution in [0.2, 0.25) is 0 Å². The van der Waals surface area contributed by atoms with E-state index in [1.54, 1.807) is 11.3 Å². The number of carbonyl (C=O) groups is 1. The molecule has 140 valence electrons. The predicted molar refractivity (Wildman–Crippen MR) is 102 cm³/mol. The van der Waals surface area contributed by atoms with Gasteiger partial charge in [0.05, 0.1) is 12.1 Å². The molecule has 26 heavy (non-hydrogen) atoms. The van der Waals surface area contributed by atoms with Crippen molar-refractivity contribution < 1.29 is 9.32 Å². The molecule has 0 bridgehead atoms. The number of rotatable bonds is 4. The summed E-state index contributed by atoms with van der Waals surface area (Å²) in [6.45, 7) is 8.93. The summed E-state index contributed by atoms with van der Waals surface area (Å²) in [5.41, 5.74) is 3.64. The Balaban J connectivity index is 1.38. The molecule has 2 aromatic heterocycles. The third-order valence-corrected chi connectivity index (χ3v) is 6.76. The maximum Gasteiger partial charge on any atom is 0.227 e. The van der Waals surface area contributed by atoms with Gasteiger partial charge < -0.3 is 9.42 Å². The Morgan fingerprint density at radius 2 is 2.19 bits per heavy atom. The second-order valence-electron chi connectivity index (χ2n) is 7.99. The summed E-state index contributed by atoms with van der Waals surface area (Å²) in [4.78, 5) is 17.3. The molecule has 4 heterocycles. The molecule has 6 heteroatoms. The highest BCUT2D eigenvalue weighted by atomic mass is 32.1. The minimum atomic E-state index is 0.265. The third kappa shape index (κ3) is 3.58. The molecule has 5 nitrogen and oxygen atoms in total. The van der Waals surface area contributed by atoms with E-state index in [1.165, 1.54) is 18.4 Å². The smallest absolute Gasteiger partial charge is 0.227 e. The molecule has 1 atom stereocenters. The molecular formula is C20H27N3O2S. The van der Waals surface area contributed by atoms with Gasteiger partial charge in [0.15, 0.2) is 0 Å². The number of aromatic nitrogens is 1. The molecule has 4 rings (SSSR count). The molecule has 0 aliphatic carbocycles. The van der Waals surface area contributed by atoms with Crippen LogP contribution >= 0.6 is 11.3 Å². The van der Waals surface area contributed by atoms with E-state index in [9.17, 15) is 4.79 Å². The van der Waals surface area contributed by atoms with Gasteiger partial charge in [0.2, 0.25) is 5.91 Å². The van der Waals surface area contributed by atoms with Crippen LogP contribution in [0.5, 0.6) is 0 Å². The molecule has 0 N–H and O–H groups in total. The van der Waals surface area contributed by atoms with E-state index < -0.39 is 0 Å². The van der Waals surface area contributed by atoms with Crippen LogP contribution < -0.4 is 0 Å². The summed E-state index contributed by atoms with van der Waals surface area (Å²) in [5.74, 6) is 1.21. The van der Waals surface area contributed by atoms with Gasteiger partial charge in [0, 0.05) is 37.2 Å². The fourth-order valence-corrected chi connectivity index (χ4v) is 5.23. The van der Waals surface area contributed by atoms with Gasteiger partial charge in [-0.25, -0.2) is 0 Å². The van der Waals surface area contributed by atoms with Gasteiger partial charge in [0.1, 0.15) is 5.76 Å². The van der Waals surface area contributed by atoms with Gasteiger partial charge in [-0.15, -0.1) is 0 Å². The first kappa shape index (κ1) is 17.7. The third-order valence-electron chi connectivity index (χ3n) is 6.03. The summed E-state index contributed by atoms with van der Waals surface area (Å²) < 4.78 is 5.32. The van der Waals surface area contributed by atoms with Gasteiger partial charge in [-0.1, -0.05) is 5.16 Å². The Bertz CT molecular complexity index is 751. The fourth-order valence-electron chi connectivity index (χ4n) is 4.56. The van der Waals surface area contributed by atoms with Crippen LogP contribution in [0.25, 0.3) is 0 Å². The second-order valence-corrected chi connectivity index (χ2v) is 8.77. The normalized spacial score (nSPS) is 23.8. The zero-order valence-electron chi connectivity index (χ0n) is 15.7. The highest BCUT2D eigenvalue weighted by molar-refractivity contribution is 7.08. The number of carbonyl (C=O) groups excluding carboxylic acids is 1. The van der Waals surface area contributed by atoms with Crippen molar-refractivity contribution in [2.45, 2.75) is 46.1 Å². The molecule has 2 saturated heterocycles. The molecule has 2 aliphatic rings. The van der Waals surface area contributed by atoms with E-state index in [0.29, 0.717) is 6.42 Å². The van der Waals surface area contributed by atoms with Crippen molar-refractivity contribution in [1.82, 2.24) is 15.0 Å². The summed E-state index contributed by atoms with van der Waals surface area (Å²) in [6.07, 6.45) is 4.10. The molecule has 2 aliphatic heterocycles. The van der Waals surface area contributed by atoms with E-state index in [-0.39, 0.29) is 11.3 Å². The molecule has 1 amide bonds. The first-order valence-corrected chi connectivity index (χ1v) is 10.4. The molecule has 2 fully saturated rings. The van der Waals surface area contributed by atoms with Crippen LogP contribution in [0, 0.1) is 19.3 Å². The number of likely N-dealkylation sites (tertiary alicyclic amines) is 2. The number of thiophene rings is 1. The lowest BCUT2D eigenvalue weighted by molar-refractivity contribution is -0.130. The zero-order chi connectivity index (χ0) is 18.1. The number of nitrogens with zero attached hydrogens (tertiary/aromatic N) is 3. The molecule has 2 aromatic rings. The Hall–Kier alpha value is -1.66. The van der Waals surface area contributed by atoms with E-state index in [0.717, 1.165) is 56.2 Å². The van der Waals surface area contributed by atoms with Crippen LogP contribution in [0.3, 0.4) is 0 Å². The SMILES string of the molecule is Cc1noc(C)c1CN1CCC[C@]2(CCN(C(=O)Cc3ccsc3)C2)C1. The van der Waals surface area contributed by atoms with Crippen molar-refractivity contribution >= 4 is 17.2 Å². The van der Waals surface area contributed by atoms with Crippen LogP contribution in [0.4, 0.5) is 0 Å². The van der Waals surface area contributed by atoms with Crippen LogP contribution in [-0.4, -0.2) is 47.0 Å². The average Bonchev–Trinajstić information content (AvgIpc) is 3.34. The zero-order valence-corrected chi connectivity index (χ0v) is 16.5. The van der Waals surface area contributed by atoms with Crippen molar-refractivity contribution in [3.05, 3.63) is 39.4 Å². The second kappa shape index (κ2) is 7.16. The molecule has 0 saturated carbocycles. The summed E-state index contributed by atoms with van der Waals surface area (Å²) in [5, 5.41) is 8.21. The van der Waals surface area contributed by atoms with Gasteiger partial charge in [-0.2, -0.15) is 11.3 Å². The lowest BCUT2D eigenvalue weighted by Gasteiger charge is -2.40. The summed E-state index contributed by atoms with van der Waals surface area (Å²) in [7, 11) is 0. The maximum absolute atomic E-state index is 12.7. The van der Waals surface area contributed by atoms with E-state index in [2.05, 4.69) is 26.4 Å². The molecule has 1 spiro atoms. The summed E-state index contributed by atoms with van der Waals surface area (Å²) >= 11 is 1.66. The Morgan fingerprint density at radius 1 is 1.31 bits per heavy atom. The van der Waals surface area contributed by atoms with Gasteiger partial charge >= 0.3 is 0 Å². The van der Waals surface area contributed by atoms with Crippen molar-refractivity contribution in [3.63, 3.8) is 0 Å². The minimum Gasteiger partial charge on any atom is -0.361 e. The maximum atomic E-state index is 12.7. The quantitative estimate of drug-likeness (QED) is 0.824. The van der Waals surface area contributed by atoms with Gasteiger partial charge in [0.25, 0.3) is 0 Å². The molecular weight excluding hydrogens is 346 g/mol. The number of hydrogen-bond donors (Lipinski definition) is 0. The monoisotopic (exact) mass is 373 g/mol. The van der Waals surface area contributed by atoms with E-state index in [1.807, 2.05) is 19.2 Å². The first-order chi connectivity index (χ1) is 12.5. The van der Waals surface area contributed by atoms with Crippen molar-refractivity contribution in [3.8, 4) is 0 Å². The largest absolute Gasteiger partial charge is 0.361 e. The topological polar surface area (TPSA) is 49.6 Å². The number of amides is 1. The van der Waals surface area contributed by atoms with Crippen LogP contribution in [0.1, 0.15) is 41.8 Å². The number of aryl methyl sites for hydroxylation is 2. The highest BCUT2D eigenvalue weighted by Gasteiger charge is 2.42. The van der Waals surface area contributed by atoms with Crippen LogP contribution in [0.15, 0.2) is 21.3 Å². The predicted octanol–water partition coefficient (Wildman–Crippen LogP) is 3.41. The first-order valence-electron chi connectivity index (χ1n) is 9.48. The lowest BCUT2D eigenvalue weighted by Crippen LogP contribution is -2.45. The van der Waals surface area contributed by atoms with Crippen molar-refractivity contribution in [1.29, 1.82) is 0 Å². The minimum absolute atomic E-state index is 0.265. The highest BCUT2D eigenvalue weighted by Crippen LogP contribution is 2.39. The number of piperidine rings is 1. The Kier molecular flexibility index (Phi) is 4.88. The van der Waals surface area contributed by atoms with Gasteiger partial charge in [-0.05, 0) is 62.0 Å². The fraction of sp³-hybridized carbons (Fsp3) is 0.600. The number of hydrogen-bond acceptors (Lipinski definition) is 5. The van der Waals surface area contributed by atoms with Crippen molar-refractivity contribution in [2.75, 3.05) is 26.2 Å². The van der Waals surface area contributed by atoms with Crippen molar-refractivity contribution in [2.24, 2.45) is 5.41 Å². The Labute approximate surface area is 159 Å². The van der Waals surface area contributed by atoms with E-state index >= 15 is 0 Å². The molecule has 0 aromatic carbocycles. The van der Waals surface area contributed by atoms with Gasteiger partial charge in [-0.3, -0.25) is 9.69 Å². The summed E-state index contributed by atoms with van der Waals surface area (Å²) in [6, 6.07) is 2.06. The standard InChI is InChI=1S/C20H27N3O2S/c1-15-18(16(2)25-21-15)11-22-7-3-5-20(13-22)6-8-23(14-20)19(24)10-17-4-9-26-12-17/h4,9,12H,3,5-8,10-11,13-14H2,1-2H3/t20-/m0/s1. The van der Waals surface area contributed by atoms with E-state index in [4.69, 9.17) is 4.52 Å². The van der Waals surface area contributed by atoms with Crippen LogP contribution in [-0.2, 0) is 17.8 Å². The molecule has 0 unspecified atom stereocenters. The molecule has 0 radical (unpaired) electrons. The lowest BCUT2D eigenvalue weighted by atomic mass is 9.79. The average molecular weight is 374 g/mol.